The van der Waals surface area contributed by atoms with Crippen LogP contribution in [-0.4, -0.2) is 56.2 Å². The molecule has 27 heavy (non-hydrogen) atoms. The van der Waals surface area contributed by atoms with Gasteiger partial charge < -0.3 is 0 Å². The van der Waals surface area contributed by atoms with Gasteiger partial charge in [-0.3, -0.25) is 9.20 Å². The highest BCUT2D eigenvalue weighted by Gasteiger charge is 2.27. The van der Waals surface area contributed by atoms with Gasteiger partial charge in [-0.05, 0) is 51.3 Å². The average Bonchev–Trinajstić information content (AvgIpc) is 3.22. The zero-order valence-electron chi connectivity index (χ0n) is 16.4. The smallest absolute Gasteiger partial charge is 0.293 e. The summed E-state index contributed by atoms with van der Waals surface area (Å²) in [5.41, 5.74) is 5.68. The molecule has 0 bridgehead atoms. The Morgan fingerprint density at radius 1 is 1.04 bits per heavy atom. The number of hydrogen-bond donors (Lipinski definition) is 0. The maximum Gasteiger partial charge on any atom is 0.323 e. The van der Waals surface area contributed by atoms with Crippen LogP contribution in [0, 0.1) is 34.6 Å². The highest BCUT2D eigenvalue weighted by molar-refractivity contribution is 7.87. The molecule has 3 heterocycles. The summed E-state index contributed by atoms with van der Waals surface area (Å²) < 4.78 is 27.8. The molecule has 0 spiro atoms. The van der Waals surface area contributed by atoms with Gasteiger partial charge in [-0.1, -0.05) is 0 Å². The Labute approximate surface area is 157 Å². The number of ketones is 1. The Kier molecular flexibility index (Phi) is 4.43. The van der Waals surface area contributed by atoms with E-state index in [4.69, 9.17) is 0 Å². The molecule has 0 radical (unpaired) electrons. The van der Waals surface area contributed by atoms with Gasteiger partial charge in [-0.2, -0.15) is 12.7 Å². The second kappa shape index (κ2) is 6.24. The molecule has 144 valence electrons. The van der Waals surface area contributed by atoms with E-state index >= 15 is 0 Å². The van der Waals surface area contributed by atoms with Crippen LogP contribution >= 0.6 is 0 Å². The van der Waals surface area contributed by atoms with E-state index in [-0.39, 0.29) is 5.82 Å². The van der Waals surface area contributed by atoms with Gasteiger partial charge in [0.05, 0.1) is 5.69 Å². The molecular formula is C17H22N6O3S. The molecule has 0 fully saturated rings. The van der Waals surface area contributed by atoms with Gasteiger partial charge in [-0.25, -0.2) is 9.97 Å². The summed E-state index contributed by atoms with van der Waals surface area (Å²) in [7, 11) is -1.08. The summed E-state index contributed by atoms with van der Waals surface area (Å²) in [6.07, 6.45) is 1.02. The number of pyridine rings is 1. The lowest BCUT2D eigenvalue weighted by Gasteiger charge is -2.13. The number of rotatable bonds is 4. The van der Waals surface area contributed by atoms with Crippen molar-refractivity contribution in [3.63, 3.8) is 0 Å². The first kappa shape index (κ1) is 19.2. The summed E-state index contributed by atoms with van der Waals surface area (Å²) >= 11 is 0. The van der Waals surface area contributed by atoms with Crippen molar-refractivity contribution >= 4 is 21.6 Å². The number of nitrogens with zero attached hydrogens (tertiary/aromatic N) is 6. The van der Waals surface area contributed by atoms with Crippen molar-refractivity contribution in [3.05, 3.63) is 45.9 Å². The molecule has 0 atom stereocenters. The number of carbonyl (C=O) groups excluding carboxylic acids is 1. The topological polar surface area (TPSA) is 102 Å². The first-order valence-corrected chi connectivity index (χ1v) is 9.73. The molecule has 3 rings (SSSR count). The lowest BCUT2D eigenvalue weighted by Crippen LogP contribution is -2.29. The fraction of sp³-hybridized carbons (Fsp3) is 0.412. The van der Waals surface area contributed by atoms with Crippen LogP contribution in [0.3, 0.4) is 0 Å². The highest BCUT2D eigenvalue weighted by atomic mass is 32.2. The quantitative estimate of drug-likeness (QED) is 0.623. The molecule has 0 aliphatic rings. The van der Waals surface area contributed by atoms with Gasteiger partial charge in [0.25, 0.3) is 5.78 Å². The van der Waals surface area contributed by atoms with E-state index in [1.165, 1.54) is 14.1 Å². The number of aromatic nitrogens is 5. The molecule has 0 saturated heterocycles. The lowest BCUT2D eigenvalue weighted by atomic mass is 10.0. The Hall–Kier alpha value is -2.59. The molecule has 0 aromatic carbocycles. The van der Waals surface area contributed by atoms with Crippen LogP contribution in [0.4, 0.5) is 0 Å². The summed E-state index contributed by atoms with van der Waals surface area (Å²) in [4.78, 5) is 21.6. The van der Waals surface area contributed by atoms with Crippen LogP contribution in [0.1, 0.15) is 44.4 Å². The van der Waals surface area contributed by atoms with E-state index in [0.717, 1.165) is 33.0 Å². The van der Waals surface area contributed by atoms with Crippen LogP contribution in [0.5, 0.6) is 0 Å². The lowest BCUT2D eigenvalue weighted by molar-refractivity contribution is 0.102. The standard InChI is InChI=1S/C17H22N6O3S/c1-9-10(2)13(5)23-14(12(4)19-17(23)11(9)3)15(24)16-18-8-22(20-16)27(25,26)21(6)7/h8H,1-7H3. The van der Waals surface area contributed by atoms with Crippen molar-refractivity contribution in [3.8, 4) is 0 Å². The Morgan fingerprint density at radius 2 is 1.67 bits per heavy atom. The first-order valence-electron chi connectivity index (χ1n) is 8.33. The van der Waals surface area contributed by atoms with Gasteiger partial charge in [0, 0.05) is 19.8 Å². The molecule has 0 aliphatic carbocycles. The summed E-state index contributed by atoms with van der Waals surface area (Å²) in [5, 5.41) is 3.88. The summed E-state index contributed by atoms with van der Waals surface area (Å²) in [5.74, 6) is -0.668. The molecule has 9 nitrogen and oxygen atoms in total. The van der Waals surface area contributed by atoms with E-state index in [1.54, 1.807) is 11.3 Å². The van der Waals surface area contributed by atoms with E-state index in [2.05, 4.69) is 15.1 Å². The van der Waals surface area contributed by atoms with Crippen LogP contribution in [0.25, 0.3) is 5.65 Å². The summed E-state index contributed by atoms with van der Waals surface area (Å²) in [6, 6.07) is 0. The third-order valence-electron chi connectivity index (χ3n) is 4.98. The molecule has 0 N–H and O–H groups in total. The molecule has 0 unspecified atom stereocenters. The molecule has 3 aromatic rings. The molecule has 0 saturated carbocycles. The largest absolute Gasteiger partial charge is 0.323 e. The number of imidazole rings is 1. The third kappa shape index (κ3) is 2.76. The molecule has 0 aliphatic heterocycles. The van der Waals surface area contributed by atoms with Crippen LogP contribution < -0.4 is 0 Å². The van der Waals surface area contributed by atoms with E-state index in [0.29, 0.717) is 21.1 Å². The maximum atomic E-state index is 13.1. The van der Waals surface area contributed by atoms with Crippen molar-refractivity contribution in [1.82, 2.24) is 27.9 Å². The van der Waals surface area contributed by atoms with E-state index in [1.807, 2.05) is 27.7 Å². The van der Waals surface area contributed by atoms with Crippen molar-refractivity contribution in [2.75, 3.05) is 14.1 Å². The fourth-order valence-electron chi connectivity index (χ4n) is 3.00. The minimum atomic E-state index is -3.84. The van der Waals surface area contributed by atoms with Crippen LogP contribution in [0.15, 0.2) is 6.33 Å². The zero-order chi connectivity index (χ0) is 20.3. The predicted molar refractivity (Wildman–Crippen MR) is 100 cm³/mol. The number of hydrogen-bond acceptors (Lipinski definition) is 6. The second-order valence-corrected chi connectivity index (χ2v) is 8.73. The number of carbonyl (C=O) groups is 1. The SMILES string of the molecule is Cc1nc2c(C)c(C)c(C)c(C)n2c1C(=O)c1ncn(S(=O)(=O)N(C)C)n1. The predicted octanol–water partition coefficient (Wildman–Crippen LogP) is 1.35. The van der Waals surface area contributed by atoms with Gasteiger partial charge in [0.1, 0.15) is 17.7 Å². The first-order chi connectivity index (χ1) is 12.5. The Balaban J connectivity index is 2.21. The Morgan fingerprint density at radius 3 is 2.26 bits per heavy atom. The van der Waals surface area contributed by atoms with Crippen molar-refractivity contribution < 1.29 is 13.2 Å². The Bertz CT molecular complexity index is 1190. The van der Waals surface area contributed by atoms with Gasteiger partial charge >= 0.3 is 10.2 Å². The third-order valence-corrected chi connectivity index (χ3v) is 6.55. The second-order valence-electron chi connectivity index (χ2n) is 6.73. The van der Waals surface area contributed by atoms with Gasteiger partial charge in [-0.15, -0.1) is 9.19 Å². The van der Waals surface area contributed by atoms with E-state index < -0.39 is 16.0 Å². The molecule has 10 heteroatoms. The van der Waals surface area contributed by atoms with Crippen molar-refractivity contribution in [1.29, 1.82) is 0 Å². The van der Waals surface area contributed by atoms with Crippen molar-refractivity contribution in [2.45, 2.75) is 34.6 Å². The number of aryl methyl sites for hydroxylation is 3. The summed E-state index contributed by atoms with van der Waals surface area (Å²) in [6.45, 7) is 9.66. The minimum Gasteiger partial charge on any atom is -0.293 e. The highest BCUT2D eigenvalue weighted by Crippen LogP contribution is 2.25. The molecular weight excluding hydrogens is 368 g/mol. The van der Waals surface area contributed by atoms with E-state index in [9.17, 15) is 13.2 Å². The van der Waals surface area contributed by atoms with Gasteiger partial charge in [0.15, 0.2) is 0 Å². The van der Waals surface area contributed by atoms with Crippen molar-refractivity contribution in [2.24, 2.45) is 0 Å². The molecule has 3 aromatic heterocycles. The normalized spacial score (nSPS) is 12.3. The monoisotopic (exact) mass is 390 g/mol. The van der Waals surface area contributed by atoms with Crippen LogP contribution in [-0.2, 0) is 10.2 Å². The number of fused-ring (bicyclic) bond motifs is 1. The van der Waals surface area contributed by atoms with Gasteiger partial charge in [0.2, 0.25) is 5.82 Å². The fourth-order valence-corrected chi connectivity index (χ4v) is 3.68. The average molecular weight is 390 g/mol. The zero-order valence-corrected chi connectivity index (χ0v) is 17.2. The minimum absolute atomic E-state index is 0.194. The van der Waals surface area contributed by atoms with Crippen LogP contribution in [0.2, 0.25) is 0 Å². The maximum absolute atomic E-state index is 13.1. The molecule has 0 amide bonds.